The summed E-state index contributed by atoms with van der Waals surface area (Å²) in [6.45, 7) is 3.20. The maximum atomic E-state index is 2.31. The second-order valence-electron chi connectivity index (χ2n) is 3.71. The normalized spacial score (nSPS) is 26.3. The van der Waals surface area contributed by atoms with Crippen molar-refractivity contribution in [1.82, 2.24) is 14.7 Å². The van der Waals surface area contributed by atoms with E-state index in [-0.39, 0.29) is 0 Å². The van der Waals surface area contributed by atoms with Gasteiger partial charge in [-0.05, 0) is 28.1 Å². The molecule has 1 atom stereocenters. The molecule has 0 spiro atoms. The number of hydrogen-bond acceptors (Lipinski definition) is 3. The van der Waals surface area contributed by atoms with E-state index >= 15 is 0 Å². The van der Waals surface area contributed by atoms with Gasteiger partial charge >= 0.3 is 0 Å². The predicted molar refractivity (Wildman–Crippen MR) is 51.6 cm³/mol. The molecule has 1 heterocycles. The first-order chi connectivity index (χ1) is 5.54. The molecule has 12 heavy (non-hydrogen) atoms. The number of nitrogens with zero attached hydrogens (tertiary/aromatic N) is 3. The van der Waals surface area contributed by atoms with Crippen molar-refractivity contribution < 1.29 is 0 Å². The molecule has 0 saturated heterocycles. The van der Waals surface area contributed by atoms with Gasteiger partial charge in [-0.15, -0.1) is 0 Å². The molecule has 1 aliphatic rings. The minimum atomic E-state index is 0.398. The summed E-state index contributed by atoms with van der Waals surface area (Å²) in [7, 11) is 8.49. The smallest absolute Gasteiger partial charge is 0.139 e. The molecule has 0 aromatic heterocycles. The molecule has 1 unspecified atom stereocenters. The molecule has 0 N–H and O–H groups in total. The van der Waals surface area contributed by atoms with Gasteiger partial charge in [0, 0.05) is 19.3 Å². The van der Waals surface area contributed by atoms with Crippen LogP contribution < -0.4 is 0 Å². The highest BCUT2D eigenvalue weighted by Gasteiger charge is 2.24. The lowest BCUT2D eigenvalue weighted by Crippen LogP contribution is -2.54. The van der Waals surface area contributed by atoms with Crippen molar-refractivity contribution in [1.29, 1.82) is 0 Å². The summed E-state index contributed by atoms with van der Waals surface area (Å²) in [5.74, 6) is 0. The fourth-order valence-electron chi connectivity index (χ4n) is 1.73. The van der Waals surface area contributed by atoms with Crippen molar-refractivity contribution in [2.24, 2.45) is 0 Å². The van der Waals surface area contributed by atoms with Crippen LogP contribution in [0.5, 0.6) is 0 Å². The average Bonchev–Trinajstić information content (AvgIpc) is 1.97. The molecule has 0 amide bonds. The van der Waals surface area contributed by atoms with E-state index in [4.69, 9.17) is 0 Å². The standard InChI is InChI=1S/C9H19N3/c1-8-6-7-11(4)9(10(2)3)12(8)5/h6,9H,7H2,1-5H3. The van der Waals surface area contributed by atoms with E-state index in [0.717, 1.165) is 6.54 Å². The van der Waals surface area contributed by atoms with Gasteiger partial charge in [-0.3, -0.25) is 9.80 Å². The maximum absolute atomic E-state index is 2.31. The van der Waals surface area contributed by atoms with Crippen LogP contribution in [0.4, 0.5) is 0 Å². The molecule has 70 valence electrons. The maximum Gasteiger partial charge on any atom is 0.139 e. The van der Waals surface area contributed by atoms with E-state index in [2.05, 4.69) is 55.9 Å². The van der Waals surface area contributed by atoms with Gasteiger partial charge in [-0.2, -0.15) is 0 Å². The van der Waals surface area contributed by atoms with Crippen LogP contribution in [0.25, 0.3) is 0 Å². The van der Waals surface area contributed by atoms with Crippen molar-refractivity contribution in [3.63, 3.8) is 0 Å². The molecule has 0 aliphatic carbocycles. The summed E-state index contributed by atoms with van der Waals surface area (Å²) in [5.41, 5.74) is 1.35. The van der Waals surface area contributed by atoms with Crippen molar-refractivity contribution in [2.75, 3.05) is 34.7 Å². The topological polar surface area (TPSA) is 9.72 Å². The summed E-state index contributed by atoms with van der Waals surface area (Å²) < 4.78 is 0. The fourth-order valence-corrected chi connectivity index (χ4v) is 1.73. The van der Waals surface area contributed by atoms with Gasteiger partial charge < -0.3 is 4.90 Å². The van der Waals surface area contributed by atoms with Gasteiger partial charge in [0.05, 0.1) is 0 Å². The molecule has 0 aromatic carbocycles. The Labute approximate surface area is 75.2 Å². The molecular formula is C9H19N3. The molecule has 0 radical (unpaired) electrons. The Morgan fingerprint density at radius 2 is 2.00 bits per heavy atom. The van der Waals surface area contributed by atoms with Crippen LogP contribution in [0.1, 0.15) is 6.92 Å². The summed E-state index contributed by atoms with van der Waals surface area (Å²) in [6, 6.07) is 0. The third kappa shape index (κ3) is 1.62. The lowest BCUT2D eigenvalue weighted by molar-refractivity contribution is -0.00567. The number of hydrogen-bond donors (Lipinski definition) is 0. The van der Waals surface area contributed by atoms with Crippen molar-refractivity contribution in [3.05, 3.63) is 11.8 Å². The minimum Gasteiger partial charge on any atom is -0.350 e. The first-order valence-corrected chi connectivity index (χ1v) is 4.30. The fraction of sp³-hybridized carbons (Fsp3) is 0.778. The summed E-state index contributed by atoms with van der Waals surface area (Å²) in [4.78, 5) is 6.81. The van der Waals surface area contributed by atoms with Crippen LogP contribution in [0, 0.1) is 0 Å². The second-order valence-corrected chi connectivity index (χ2v) is 3.71. The summed E-state index contributed by atoms with van der Waals surface area (Å²) in [5, 5.41) is 0. The van der Waals surface area contributed by atoms with Crippen LogP contribution in [0.15, 0.2) is 11.8 Å². The molecule has 1 aliphatic heterocycles. The Morgan fingerprint density at radius 1 is 1.42 bits per heavy atom. The molecule has 3 nitrogen and oxygen atoms in total. The van der Waals surface area contributed by atoms with E-state index in [0.29, 0.717) is 6.29 Å². The lowest BCUT2D eigenvalue weighted by Gasteiger charge is -2.43. The van der Waals surface area contributed by atoms with Crippen LogP contribution in [0.3, 0.4) is 0 Å². The van der Waals surface area contributed by atoms with Gasteiger partial charge in [0.2, 0.25) is 0 Å². The van der Waals surface area contributed by atoms with E-state index in [1.54, 1.807) is 0 Å². The highest BCUT2D eigenvalue weighted by molar-refractivity contribution is 5.03. The molecule has 3 heteroatoms. The minimum absolute atomic E-state index is 0.398. The molecule has 0 aromatic rings. The average molecular weight is 169 g/mol. The van der Waals surface area contributed by atoms with Gasteiger partial charge in [0.25, 0.3) is 0 Å². The molecule has 0 fully saturated rings. The first kappa shape index (κ1) is 9.55. The number of allylic oxidation sites excluding steroid dienone is 1. The summed E-state index contributed by atoms with van der Waals surface area (Å²) in [6.07, 6.45) is 2.65. The third-order valence-corrected chi connectivity index (χ3v) is 2.43. The Hall–Kier alpha value is -0.540. The van der Waals surface area contributed by atoms with E-state index in [9.17, 15) is 0 Å². The van der Waals surface area contributed by atoms with Gasteiger partial charge in [0.15, 0.2) is 0 Å². The van der Waals surface area contributed by atoms with E-state index in [1.165, 1.54) is 5.70 Å². The summed E-state index contributed by atoms with van der Waals surface area (Å²) >= 11 is 0. The molecular weight excluding hydrogens is 150 g/mol. The van der Waals surface area contributed by atoms with Crippen LogP contribution >= 0.6 is 0 Å². The van der Waals surface area contributed by atoms with Crippen LogP contribution in [-0.2, 0) is 0 Å². The van der Waals surface area contributed by atoms with Crippen LogP contribution in [0.2, 0.25) is 0 Å². The lowest BCUT2D eigenvalue weighted by atomic mass is 10.3. The monoisotopic (exact) mass is 169 g/mol. The SMILES string of the molecule is CC1=CCN(C)C(N(C)C)N1C. The third-order valence-electron chi connectivity index (χ3n) is 2.43. The largest absolute Gasteiger partial charge is 0.350 e. The number of rotatable bonds is 1. The van der Waals surface area contributed by atoms with Crippen molar-refractivity contribution in [3.8, 4) is 0 Å². The Kier molecular flexibility index (Phi) is 2.75. The van der Waals surface area contributed by atoms with Crippen molar-refractivity contribution >= 4 is 0 Å². The van der Waals surface area contributed by atoms with Crippen molar-refractivity contribution in [2.45, 2.75) is 13.2 Å². The van der Waals surface area contributed by atoms with Gasteiger partial charge in [-0.25, -0.2) is 0 Å². The number of likely N-dealkylation sites (N-methyl/N-ethyl adjacent to an activating group) is 1. The highest BCUT2D eigenvalue weighted by Crippen LogP contribution is 2.15. The van der Waals surface area contributed by atoms with Crippen LogP contribution in [-0.4, -0.2) is 55.7 Å². The molecule has 0 saturated carbocycles. The Balaban J connectivity index is 2.78. The zero-order valence-corrected chi connectivity index (χ0v) is 8.70. The van der Waals surface area contributed by atoms with Gasteiger partial charge in [-0.1, -0.05) is 6.08 Å². The molecule has 1 rings (SSSR count). The predicted octanol–water partition coefficient (Wildman–Crippen LogP) is 0.613. The Morgan fingerprint density at radius 3 is 2.42 bits per heavy atom. The highest BCUT2D eigenvalue weighted by atomic mass is 15.5. The van der Waals surface area contributed by atoms with E-state index in [1.807, 2.05) is 0 Å². The van der Waals surface area contributed by atoms with Gasteiger partial charge in [0.1, 0.15) is 6.29 Å². The Bertz CT molecular complexity index is 186. The molecule has 0 bridgehead atoms. The zero-order chi connectivity index (χ0) is 9.30. The zero-order valence-electron chi connectivity index (χ0n) is 8.70. The quantitative estimate of drug-likeness (QED) is 0.569. The van der Waals surface area contributed by atoms with E-state index < -0.39 is 0 Å². The second kappa shape index (κ2) is 3.46. The first-order valence-electron chi connectivity index (χ1n) is 4.30.